The standard InChI is InChI=1S/C17H16Cl2N2O2S/c18-13-5-3-12(4-6-13)17(23)21-20-16(22)2-1-11-24-15-9-7-14(19)8-10-15/h3-10H,1-2,11H2,(H,20,22)(H,21,23). The van der Waals surface area contributed by atoms with Gasteiger partial charge in [0.05, 0.1) is 0 Å². The molecule has 0 saturated heterocycles. The summed E-state index contributed by atoms with van der Waals surface area (Å²) in [4.78, 5) is 24.6. The lowest BCUT2D eigenvalue weighted by Crippen LogP contribution is -2.41. The van der Waals surface area contributed by atoms with E-state index in [0.717, 1.165) is 10.6 Å². The van der Waals surface area contributed by atoms with Crippen LogP contribution in [0, 0.1) is 0 Å². The van der Waals surface area contributed by atoms with Gasteiger partial charge in [0.25, 0.3) is 5.91 Å². The van der Waals surface area contributed by atoms with Crippen LogP contribution in [0.15, 0.2) is 53.4 Å². The lowest BCUT2D eigenvalue weighted by Gasteiger charge is -2.07. The van der Waals surface area contributed by atoms with Crippen LogP contribution in [0.1, 0.15) is 23.2 Å². The summed E-state index contributed by atoms with van der Waals surface area (Å²) in [6, 6.07) is 14.0. The Morgan fingerprint density at radius 1 is 0.875 bits per heavy atom. The van der Waals surface area contributed by atoms with Crippen LogP contribution < -0.4 is 10.9 Å². The average Bonchev–Trinajstić information content (AvgIpc) is 2.59. The largest absolute Gasteiger partial charge is 0.273 e. The Labute approximate surface area is 154 Å². The van der Waals surface area contributed by atoms with E-state index in [9.17, 15) is 9.59 Å². The molecule has 4 nitrogen and oxygen atoms in total. The van der Waals surface area contributed by atoms with Gasteiger partial charge >= 0.3 is 0 Å². The highest BCUT2D eigenvalue weighted by atomic mass is 35.5. The van der Waals surface area contributed by atoms with E-state index in [1.165, 1.54) is 0 Å². The van der Waals surface area contributed by atoms with Gasteiger partial charge in [0, 0.05) is 26.9 Å². The minimum atomic E-state index is -0.379. The van der Waals surface area contributed by atoms with Crippen molar-refractivity contribution in [2.24, 2.45) is 0 Å². The monoisotopic (exact) mass is 382 g/mol. The van der Waals surface area contributed by atoms with Gasteiger partial charge in [-0.2, -0.15) is 0 Å². The quantitative estimate of drug-likeness (QED) is 0.444. The average molecular weight is 383 g/mol. The predicted molar refractivity (Wildman–Crippen MR) is 98.5 cm³/mol. The van der Waals surface area contributed by atoms with Gasteiger partial charge in [0.15, 0.2) is 0 Å². The Bertz CT molecular complexity index is 691. The fourth-order valence-corrected chi connectivity index (χ4v) is 2.92. The molecule has 0 aliphatic rings. The normalized spacial score (nSPS) is 10.2. The third-order valence-electron chi connectivity index (χ3n) is 3.05. The fraction of sp³-hybridized carbons (Fsp3) is 0.176. The SMILES string of the molecule is O=C(CCCSc1ccc(Cl)cc1)NNC(=O)c1ccc(Cl)cc1. The molecule has 0 fully saturated rings. The Morgan fingerprint density at radius 2 is 1.46 bits per heavy atom. The maximum Gasteiger partial charge on any atom is 0.269 e. The Morgan fingerprint density at radius 3 is 2.08 bits per heavy atom. The maximum atomic E-state index is 11.8. The minimum absolute atomic E-state index is 0.228. The first kappa shape index (κ1) is 18.6. The smallest absolute Gasteiger partial charge is 0.269 e. The predicted octanol–water partition coefficient (Wildman–Crippen LogP) is 4.33. The molecule has 0 saturated carbocycles. The molecule has 2 rings (SSSR count). The number of halogens is 2. The summed E-state index contributed by atoms with van der Waals surface area (Å²) in [5.74, 6) is 0.199. The van der Waals surface area contributed by atoms with Crippen LogP contribution in [-0.2, 0) is 4.79 Å². The van der Waals surface area contributed by atoms with E-state index in [4.69, 9.17) is 23.2 Å². The lowest BCUT2D eigenvalue weighted by atomic mass is 10.2. The van der Waals surface area contributed by atoms with Crippen LogP contribution in [0.5, 0.6) is 0 Å². The summed E-state index contributed by atoms with van der Waals surface area (Å²) < 4.78 is 0. The number of carbonyl (C=O) groups is 2. The summed E-state index contributed by atoms with van der Waals surface area (Å²) in [7, 11) is 0. The van der Waals surface area contributed by atoms with E-state index in [1.807, 2.05) is 24.3 Å². The second-order valence-electron chi connectivity index (χ2n) is 4.92. The number of hydrogen-bond acceptors (Lipinski definition) is 3. The molecule has 126 valence electrons. The van der Waals surface area contributed by atoms with Crippen LogP contribution in [0.2, 0.25) is 10.0 Å². The number of hydrazine groups is 1. The number of thioether (sulfide) groups is 1. The molecule has 0 bridgehead atoms. The van der Waals surface area contributed by atoms with Crippen molar-refractivity contribution in [1.29, 1.82) is 0 Å². The summed E-state index contributed by atoms with van der Waals surface area (Å²) in [5.41, 5.74) is 5.21. The molecule has 0 aliphatic heterocycles. The summed E-state index contributed by atoms with van der Waals surface area (Å²) in [5, 5.41) is 1.25. The topological polar surface area (TPSA) is 58.2 Å². The van der Waals surface area contributed by atoms with Crippen LogP contribution >= 0.6 is 35.0 Å². The van der Waals surface area contributed by atoms with Crippen LogP contribution in [0.4, 0.5) is 0 Å². The van der Waals surface area contributed by atoms with E-state index in [1.54, 1.807) is 36.0 Å². The van der Waals surface area contributed by atoms with Crippen LogP contribution in [-0.4, -0.2) is 17.6 Å². The molecule has 24 heavy (non-hydrogen) atoms. The number of amides is 2. The van der Waals surface area contributed by atoms with Gasteiger partial charge in [-0.25, -0.2) is 0 Å². The molecule has 0 aromatic heterocycles. The maximum absolute atomic E-state index is 11.8. The molecule has 7 heteroatoms. The number of carbonyl (C=O) groups excluding carboxylic acids is 2. The molecular formula is C17H16Cl2N2O2S. The van der Waals surface area contributed by atoms with Crippen LogP contribution in [0.3, 0.4) is 0 Å². The molecule has 2 N–H and O–H groups in total. The summed E-state index contributed by atoms with van der Waals surface area (Å²) in [6.07, 6.45) is 1.04. The number of hydrogen-bond donors (Lipinski definition) is 2. The van der Waals surface area contributed by atoms with E-state index in [-0.39, 0.29) is 11.8 Å². The Hall–Kier alpha value is -1.69. The molecular weight excluding hydrogens is 367 g/mol. The van der Waals surface area contributed by atoms with Crippen molar-refractivity contribution in [3.8, 4) is 0 Å². The van der Waals surface area contributed by atoms with E-state index >= 15 is 0 Å². The summed E-state index contributed by atoms with van der Waals surface area (Å²) in [6.45, 7) is 0. The first-order valence-corrected chi connectivity index (χ1v) is 9.02. The van der Waals surface area contributed by atoms with Gasteiger partial charge in [-0.15, -0.1) is 11.8 Å². The number of nitrogens with one attached hydrogen (secondary N) is 2. The minimum Gasteiger partial charge on any atom is -0.273 e. The van der Waals surface area contributed by atoms with Crippen molar-refractivity contribution in [2.75, 3.05) is 5.75 Å². The van der Waals surface area contributed by atoms with Crippen molar-refractivity contribution in [2.45, 2.75) is 17.7 Å². The van der Waals surface area contributed by atoms with Crippen molar-refractivity contribution in [3.05, 3.63) is 64.1 Å². The third kappa shape index (κ3) is 6.43. The highest BCUT2D eigenvalue weighted by molar-refractivity contribution is 7.99. The molecule has 2 aromatic carbocycles. The van der Waals surface area contributed by atoms with Crippen molar-refractivity contribution < 1.29 is 9.59 Å². The summed E-state index contributed by atoms with van der Waals surface area (Å²) >= 11 is 13.2. The first-order chi connectivity index (χ1) is 11.5. The zero-order chi connectivity index (χ0) is 17.4. The molecule has 2 aromatic rings. The van der Waals surface area contributed by atoms with Gasteiger partial charge in [-0.05, 0) is 60.7 Å². The molecule has 0 unspecified atom stereocenters. The second kappa shape index (κ2) is 9.57. The van der Waals surface area contributed by atoms with E-state index in [2.05, 4.69) is 10.9 Å². The number of rotatable bonds is 6. The van der Waals surface area contributed by atoms with Crippen molar-refractivity contribution in [3.63, 3.8) is 0 Å². The molecule has 0 radical (unpaired) electrons. The number of benzene rings is 2. The van der Waals surface area contributed by atoms with Gasteiger partial charge in [-0.1, -0.05) is 23.2 Å². The molecule has 0 aliphatic carbocycles. The highest BCUT2D eigenvalue weighted by Crippen LogP contribution is 2.21. The van der Waals surface area contributed by atoms with E-state index in [0.29, 0.717) is 28.5 Å². The van der Waals surface area contributed by atoms with Crippen molar-refractivity contribution >= 4 is 46.8 Å². The molecule has 0 spiro atoms. The Balaban J connectivity index is 1.63. The zero-order valence-electron chi connectivity index (χ0n) is 12.7. The zero-order valence-corrected chi connectivity index (χ0v) is 15.0. The fourth-order valence-electron chi connectivity index (χ4n) is 1.82. The molecule has 0 atom stereocenters. The molecule has 2 amide bonds. The van der Waals surface area contributed by atoms with Gasteiger partial charge in [-0.3, -0.25) is 20.4 Å². The van der Waals surface area contributed by atoms with E-state index < -0.39 is 0 Å². The lowest BCUT2D eigenvalue weighted by molar-refractivity contribution is -0.121. The van der Waals surface area contributed by atoms with Crippen LogP contribution in [0.25, 0.3) is 0 Å². The first-order valence-electron chi connectivity index (χ1n) is 7.28. The third-order valence-corrected chi connectivity index (χ3v) is 4.65. The van der Waals surface area contributed by atoms with Gasteiger partial charge in [0.2, 0.25) is 5.91 Å². The second-order valence-corrected chi connectivity index (χ2v) is 6.96. The van der Waals surface area contributed by atoms with Gasteiger partial charge < -0.3 is 0 Å². The Kier molecular flexibility index (Phi) is 7.43. The van der Waals surface area contributed by atoms with Crippen molar-refractivity contribution in [1.82, 2.24) is 10.9 Å². The highest BCUT2D eigenvalue weighted by Gasteiger charge is 2.07. The van der Waals surface area contributed by atoms with Gasteiger partial charge in [0.1, 0.15) is 0 Å². The molecule has 0 heterocycles.